The number of fused-ring (bicyclic) bond motifs is 3. The van der Waals surface area contributed by atoms with Crippen molar-refractivity contribution in [3.63, 3.8) is 0 Å². The van der Waals surface area contributed by atoms with Crippen LogP contribution in [0.25, 0.3) is 11.0 Å². The van der Waals surface area contributed by atoms with Crippen molar-refractivity contribution >= 4 is 57.5 Å². The molecule has 0 saturated carbocycles. The van der Waals surface area contributed by atoms with E-state index in [9.17, 15) is 4.79 Å². The van der Waals surface area contributed by atoms with E-state index in [1.165, 1.54) is 0 Å². The Hall–Kier alpha value is -2.02. The summed E-state index contributed by atoms with van der Waals surface area (Å²) in [5.41, 5.74) is 2.80. The van der Waals surface area contributed by atoms with Gasteiger partial charge in [0.15, 0.2) is 0 Å². The van der Waals surface area contributed by atoms with Gasteiger partial charge in [-0.15, -0.1) is 11.3 Å². The van der Waals surface area contributed by atoms with Gasteiger partial charge in [-0.25, -0.2) is 9.78 Å². The number of carbonyl (C=O) groups excluding carboxylic acids is 1. The van der Waals surface area contributed by atoms with E-state index in [0.29, 0.717) is 33.7 Å². The number of aromatic nitrogens is 2. The third-order valence-electron chi connectivity index (χ3n) is 4.27. The van der Waals surface area contributed by atoms with Crippen LogP contribution in [-0.4, -0.2) is 22.1 Å². The van der Waals surface area contributed by atoms with E-state index >= 15 is 0 Å². The quantitative estimate of drug-likeness (QED) is 0.601. The number of esters is 1. The molecule has 0 aliphatic carbocycles. The van der Waals surface area contributed by atoms with Gasteiger partial charge >= 0.3 is 5.97 Å². The molecule has 0 bridgehead atoms. The number of rotatable bonds is 3. The molecule has 0 saturated heterocycles. The summed E-state index contributed by atoms with van der Waals surface area (Å²) in [7, 11) is 0. The van der Waals surface area contributed by atoms with Crippen molar-refractivity contribution in [2.24, 2.45) is 0 Å². The van der Waals surface area contributed by atoms with Gasteiger partial charge in [0.2, 0.25) is 5.95 Å². The van der Waals surface area contributed by atoms with Crippen molar-refractivity contribution < 1.29 is 9.53 Å². The van der Waals surface area contributed by atoms with Crippen molar-refractivity contribution in [1.29, 1.82) is 0 Å². The first kappa shape index (κ1) is 17.4. The SMILES string of the molecule is CCOC(=O)C1=C(C)Nc2nc3cc(Cl)c(Cl)cc3n2C1c1cccs1. The van der Waals surface area contributed by atoms with Gasteiger partial charge in [0.05, 0.1) is 33.3 Å². The maximum Gasteiger partial charge on any atom is 0.338 e. The summed E-state index contributed by atoms with van der Waals surface area (Å²) in [6.45, 7) is 3.96. The Morgan fingerprint density at radius 3 is 2.85 bits per heavy atom. The largest absolute Gasteiger partial charge is 0.463 e. The van der Waals surface area contributed by atoms with Crippen LogP contribution in [0.4, 0.5) is 5.95 Å². The van der Waals surface area contributed by atoms with E-state index in [0.717, 1.165) is 16.1 Å². The third-order valence-corrected chi connectivity index (χ3v) is 5.92. The first-order valence-corrected chi connectivity index (χ1v) is 9.70. The number of hydrogen-bond acceptors (Lipinski definition) is 5. The van der Waals surface area contributed by atoms with E-state index in [1.54, 1.807) is 30.4 Å². The molecule has 0 radical (unpaired) electrons. The van der Waals surface area contributed by atoms with Crippen LogP contribution in [0.5, 0.6) is 0 Å². The van der Waals surface area contributed by atoms with Gasteiger partial charge in [0.25, 0.3) is 0 Å². The summed E-state index contributed by atoms with van der Waals surface area (Å²) < 4.78 is 7.29. The topological polar surface area (TPSA) is 56.1 Å². The Kier molecular flexibility index (Phi) is 4.42. The number of allylic oxidation sites excluding steroid dienone is 1. The van der Waals surface area contributed by atoms with Gasteiger partial charge in [0.1, 0.15) is 6.04 Å². The summed E-state index contributed by atoms with van der Waals surface area (Å²) in [6, 6.07) is 7.13. The minimum Gasteiger partial charge on any atom is -0.463 e. The van der Waals surface area contributed by atoms with Crippen LogP contribution < -0.4 is 5.32 Å². The molecule has 1 aromatic carbocycles. The summed E-state index contributed by atoms with van der Waals surface area (Å²) >= 11 is 14.0. The fourth-order valence-corrected chi connectivity index (χ4v) is 4.34. The predicted molar refractivity (Wildman–Crippen MR) is 105 cm³/mol. The molecule has 5 nitrogen and oxygen atoms in total. The molecule has 1 unspecified atom stereocenters. The first-order valence-electron chi connectivity index (χ1n) is 8.06. The van der Waals surface area contributed by atoms with Crippen LogP contribution in [0.15, 0.2) is 40.9 Å². The molecule has 1 aliphatic rings. The number of thiophene rings is 1. The number of nitrogens with zero attached hydrogens (tertiary/aromatic N) is 2. The Morgan fingerprint density at radius 2 is 2.15 bits per heavy atom. The highest BCUT2D eigenvalue weighted by molar-refractivity contribution is 7.10. The van der Waals surface area contributed by atoms with Crippen LogP contribution >= 0.6 is 34.5 Å². The Balaban J connectivity index is 1.99. The number of nitrogens with one attached hydrogen (secondary N) is 1. The average molecular weight is 408 g/mol. The van der Waals surface area contributed by atoms with Crippen LogP contribution in [0, 0.1) is 0 Å². The molecule has 3 aromatic rings. The highest BCUT2D eigenvalue weighted by Gasteiger charge is 2.35. The fourth-order valence-electron chi connectivity index (χ4n) is 3.20. The second kappa shape index (κ2) is 6.61. The van der Waals surface area contributed by atoms with Crippen molar-refractivity contribution in [1.82, 2.24) is 9.55 Å². The zero-order valence-corrected chi connectivity index (χ0v) is 16.4. The van der Waals surface area contributed by atoms with Gasteiger partial charge in [-0.2, -0.15) is 0 Å². The van der Waals surface area contributed by atoms with Crippen LogP contribution in [0.1, 0.15) is 24.8 Å². The Bertz CT molecular complexity index is 1040. The molecule has 0 fully saturated rings. The number of benzene rings is 1. The van der Waals surface area contributed by atoms with E-state index in [1.807, 2.05) is 29.0 Å². The van der Waals surface area contributed by atoms with Crippen LogP contribution in [0.3, 0.4) is 0 Å². The molecule has 1 N–H and O–H groups in total. The molecule has 1 aliphatic heterocycles. The molecule has 0 amide bonds. The lowest BCUT2D eigenvalue weighted by molar-refractivity contribution is -0.139. The Labute approximate surface area is 164 Å². The number of ether oxygens (including phenoxy) is 1. The minimum atomic E-state index is -0.344. The second-order valence-electron chi connectivity index (χ2n) is 5.86. The zero-order valence-electron chi connectivity index (χ0n) is 14.0. The molecule has 1 atom stereocenters. The van der Waals surface area contributed by atoms with Gasteiger partial charge in [-0.3, -0.25) is 4.57 Å². The fraction of sp³-hybridized carbons (Fsp3) is 0.222. The average Bonchev–Trinajstić information content (AvgIpc) is 3.22. The number of carbonyl (C=O) groups is 1. The summed E-state index contributed by atoms with van der Waals surface area (Å²) in [6.07, 6.45) is 0. The molecule has 4 rings (SSSR count). The van der Waals surface area contributed by atoms with Crippen molar-refractivity contribution in [3.8, 4) is 0 Å². The van der Waals surface area contributed by atoms with E-state index in [4.69, 9.17) is 27.9 Å². The first-order chi connectivity index (χ1) is 12.5. The smallest absolute Gasteiger partial charge is 0.338 e. The zero-order chi connectivity index (χ0) is 18.4. The van der Waals surface area contributed by atoms with Crippen LogP contribution in [0.2, 0.25) is 10.0 Å². The molecule has 134 valence electrons. The molecule has 26 heavy (non-hydrogen) atoms. The minimum absolute atomic E-state index is 0.311. The summed E-state index contributed by atoms with van der Waals surface area (Å²) in [5.74, 6) is 0.297. The predicted octanol–water partition coefficient (Wildman–Crippen LogP) is 5.26. The summed E-state index contributed by atoms with van der Waals surface area (Å²) in [5, 5.41) is 6.09. The van der Waals surface area contributed by atoms with Gasteiger partial charge in [-0.1, -0.05) is 29.3 Å². The van der Waals surface area contributed by atoms with Gasteiger partial charge < -0.3 is 10.1 Å². The molecular formula is C18H15Cl2N3O2S. The second-order valence-corrected chi connectivity index (χ2v) is 7.66. The molecule has 8 heteroatoms. The third kappa shape index (κ3) is 2.69. The van der Waals surface area contributed by atoms with Crippen molar-refractivity contribution in [3.05, 3.63) is 55.8 Å². The van der Waals surface area contributed by atoms with Gasteiger partial charge in [0, 0.05) is 10.6 Å². The molecule has 3 heterocycles. The maximum atomic E-state index is 12.7. The van der Waals surface area contributed by atoms with Crippen LogP contribution in [-0.2, 0) is 9.53 Å². The lowest BCUT2D eigenvalue weighted by atomic mass is 10.0. The molecular weight excluding hydrogens is 393 g/mol. The molecule has 2 aromatic heterocycles. The standard InChI is InChI=1S/C18H15Cl2N3O2S/c1-3-25-17(24)15-9(2)21-18-22-12-7-10(19)11(20)8-13(12)23(18)16(15)14-5-4-6-26-14/h4-8,16H,3H2,1-2H3,(H,21,22). The van der Waals surface area contributed by atoms with E-state index in [-0.39, 0.29) is 12.0 Å². The highest BCUT2D eigenvalue weighted by Crippen LogP contribution is 2.42. The number of hydrogen-bond donors (Lipinski definition) is 1. The molecule has 0 spiro atoms. The lowest BCUT2D eigenvalue weighted by Crippen LogP contribution is -2.28. The van der Waals surface area contributed by atoms with E-state index in [2.05, 4.69) is 10.3 Å². The number of halogens is 2. The van der Waals surface area contributed by atoms with Crippen molar-refractivity contribution in [2.75, 3.05) is 11.9 Å². The normalized spacial score (nSPS) is 16.5. The van der Waals surface area contributed by atoms with E-state index < -0.39 is 0 Å². The summed E-state index contributed by atoms with van der Waals surface area (Å²) in [4.78, 5) is 18.4. The maximum absolute atomic E-state index is 12.7. The van der Waals surface area contributed by atoms with Gasteiger partial charge in [-0.05, 0) is 37.4 Å². The monoisotopic (exact) mass is 407 g/mol. The lowest BCUT2D eigenvalue weighted by Gasteiger charge is -2.29. The number of imidazole rings is 1. The number of anilines is 1. The Morgan fingerprint density at radius 1 is 1.38 bits per heavy atom. The highest BCUT2D eigenvalue weighted by atomic mass is 35.5. The van der Waals surface area contributed by atoms with Crippen molar-refractivity contribution in [2.45, 2.75) is 19.9 Å².